The van der Waals surface area contributed by atoms with Crippen LogP contribution in [0, 0.1) is 5.92 Å². The Bertz CT molecular complexity index is 295. The lowest BCUT2D eigenvalue weighted by Crippen LogP contribution is -2.34. The summed E-state index contributed by atoms with van der Waals surface area (Å²) in [7, 11) is 0. The molecule has 0 bridgehead atoms. The molecule has 1 aromatic rings. The van der Waals surface area contributed by atoms with Gasteiger partial charge in [-0.2, -0.15) is 0 Å². The Morgan fingerprint density at radius 2 is 2.29 bits per heavy atom. The maximum atomic E-state index is 5.49. The Labute approximate surface area is 84.1 Å². The normalized spacial score (nSPS) is 22.4. The number of nitrogens with zero attached hydrogens (tertiary/aromatic N) is 3. The van der Waals surface area contributed by atoms with Gasteiger partial charge in [0.25, 0.3) is 0 Å². The lowest BCUT2D eigenvalue weighted by atomic mass is 10.0. The van der Waals surface area contributed by atoms with Crippen LogP contribution in [0.2, 0.25) is 0 Å². The van der Waals surface area contributed by atoms with Gasteiger partial charge in [0, 0.05) is 13.1 Å². The van der Waals surface area contributed by atoms with E-state index in [1.165, 1.54) is 12.8 Å². The van der Waals surface area contributed by atoms with Crippen LogP contribution in [-0.4, -0.2) is 23.3 Å². The lowest BCUT2D eigenvalue weighted by Gasteiger charge is -2.31. The van der Waals surface area contributed by atoms with Gasteiger partial charge in [-0.3, -0.25) is 0 Å². The van der Waals surface area contributed by atoms with E-state index in [2.05, 4.69) is 22.0 Å². The average Bonchev–Trinajstić information content (AvgIpc) is 2.19. The third-order valence-corrected chi connectivity index (χ3v) is 2.65. The van der Waals surface area contributed by atoms with Crippen molar-refractivity contribution in [2.75, 3.05) is 23.7 Å². The van der Waals surface area contributed by atoms with E-state index >= 15 is 0 Å². The second-order valence-corrected chi connectivity index (χ2v) is 4.01. The predicted molar refractivity (Wildman–Crippen MR) is 57.1 cm³/mol. The fraction of sp³-hybridized carbons (Fsp3) is 0.600. The summed E-state index contributed by atoms with van der Waals surface area (Å²) in [4.78, 5) is 2.28. The Kier molecular flexibility index (Phi) is 2.52. The van der Waals surface area contributed by atoms with Crippen molar-refractivity contribution < 1.29 is 0 Å². The molecule has 0 unspecified atom stereocenters. The quantitative estimate of drug-likeness (QED) is 0.728. The predicted octanol–water partition coefficient (Wildman–Crippen LogP) is 1.30. The Balaban J connectivity index is 2.10. The van der Waals surface area contributed by atoms with Crippen molar-refractivity contribution in [3.8, 4) is 0 Å². The fourth-order valence-corrected chi connectivity index (χ4v) is 1.90. The van der Waals surface area contributed by atoms with Crippen molar-refractivity contribution in [3.05, 3.63) is 12.1 Å². The third-order valence-electron chi connectivity index (χ3n) is 2.65. The number of anilines is 2. The molecule has 0 aromatic carbocycles. The molecular weight excluding hydrogens is 176 g/mol. The summed E-state index contributed by atoms with van der Waals surface area (Å²) in [6.07, 6.45) is 2.56. The van der Waals surface area contributed by atoms with Gasteiger partial charge in [-0.15, -0.1) is 10.2 Å². The van der Waals surface area contributed by atoms with E-state index in [-0.39, 0.29) is 0 Å². The van der Waals surface area contributed by atoms with E-state index in [4.69, 9.17) is 5.73 Å². The fourth-order valence-electron chi connectivity index (χ4n) is 1.90. The van der Waals surface area contributed by atoms with Crippen molar-refractivity contribution in [1.29, 1.82) is 0 Å². The second kappa shape index (κ2) is 3.82. The Morgan fingerprint density at radius 1 is 1.43 bits per heavy atom. The van der Waals surface area contributed by atoms with Gasteiger partial charge in [-0.05, 0) is 30.9 Å². The van der Waals surface area contributed by atoms with Gasteiger partial charge < -0.3 is 10.6 Å². The van der Waals surface area contributed by atoms with Crippen LogP contribution in [0.4, 0.5) is 11.6 Å². The topological polar surface area (TPSA) is 55.0 Å². The summed E-state index contributed by atoms with van der Waals surface area (Å²) < 4.78 is 0. The molecule has 76 valence electrons. The molecule has 1 fully saturated rings. The molecule has 0 spiro atoms. The van der Waals surface area contributed by atoms with Gasteiger partial charge in [0.05, 0.1) is 0 Å². The molecule has 4 heteroatoms. The summed E-state index contributed by atoms with van der Waals surface area (Å²) in [6.45, 7) is 4.44. The van der Waals surface area contributed by atoms with Crippen LogP contribution in [0.15, 0.2) is 12.1 Å². The molecule has 0 amide bonds. The van der Waals surface area contributed by atoms with Crippen molar-refractivity contribution in [2.45, 2.75) is 19.8 Å². The minimum absolute atomic E-state index is 0.485. The summed E-state index contributed by atoms with van der Waals surface area (Å²) >= 11 is 0. The first-order valence-electron chi connectivity index (χ1n) is 5.10. The zero-order valence-electron chi connectivity index (χ0n) is 8.48. The summed E-state index contributed by atoms with van der Waals surface area (Å²) in [6, 6.07) is 3.75. The number of hydrogen-bond acceptors (Lipinski definition) is 4. The minimum atomic E-state index is 0.485. The zero-order chi connectivity index (χ0) is 9.97. The number of hydrogen-bond donors (Lipinski definition) is 1. The highest BCUT2D eigenvalue weighted by atomic mass is 15.3. The van der Waals surface area contributed by atoms with Gasteiger partial charge in [-0.25, -0.2) is 0 Å². The Morgan fingerprint density at radius 3 is 2.93 bits per heavy atom. The monoisotopic (exact) mass is 192 g/mol. The molecule has 1 aliphatic heterocycles. The average molecular weight is 192 g/mol. The molecule has 1 saturated heterocycles. The molecule has 4 nitrogen and oxygen atoms in total. The summed E-state index contributed by atoms with van der Waals surface area (Å²) in [5.74, 6) is 2.19. The molecule has 0 aliphatic carbocycles. The zero-order valence-corrected chi connectivity index (χ0v) is 8.48. The van der Waals surface area contributed by atoms with E-state index in [0.717, 1.165) is 24.8 Å². The van der Waals surface area contributed by atoms with E-state index in [1.54, 1.807) is 0 Å². The summed E-state index contributed by atoms with van der Waals surface area (Å²) in [5.41, 5.74) is 5.49. The number of nitrogen functional groups attached to an aromatic ring is 1. The van der Waals surface area contributed by atoms with Crippen LogP contribution >= 0.6 is 0 Å². The second-order valence-electron chi connectivity index (χ2n) is 4.01. The van der Waals surface area contributed by atoms with Crippen molar-refractivity contribution in [3.63, 3.8) is 0 Å². The molecule has 1 atom stereocenters. The molecule has 2 rings (SSSR count). The van der Waals surface area contributed by atoms with E-state index in [9.17, 15) is 0 Å². The first kappa shape index (κ1) is 9.24. The lowest BCUT2D eigenvalue weighted by molar-refractivity contribution is 0.444. The Hall–Kier alpha value is -1.32. The van der Waals surface area contributed by atoms with Crippen LogP contribution in [0.3, 0.4) is 0 Å². The largest absolute Gasteiger partial charge is 0.382 e. The first-order chi connectivity index (χ1) is 6.75. The summed E-state index contributed by atoms with van der Waals surface area (Å²) in [5, 5.41) is 7.95. The van der Waals surface area contributed by atoms with Crippen molar-refractivity contribution >= 4 is 11.6 Å². The minimum Gasteiger partial charge on any atom is -0.382 e. The van der Waals surface area contributed by atoms with Crippen LogP contribution < -0.4 is 10.6 Å². The number of rotatable bonds is 1. The molecule has 2 heterocycles. The van der Waals surface area contributed by atoms with Crippen LogP contribution in [0.1, 0.15) is 19.8 Å². The maximum absolute atomic E-state index is 5.49. The van der Waals surface area contributed by atoms with Crippen LogP contribution in [0.25, 0.3) is 0 Å². The molecule has 14 heavy (non-hydrogen) atoms. The molecule has 0 saturated carbocycles. The molecule has 1 aromatic heterocycles. The smallest absolute Gasteiger partial charge is 0.151 e. The highest BCUT2D eigenvalue weighted by Crippen LogP contribution is 2.20. The SMILES string of the molecule is C[C@@H]1CCCN(c2ccc(N)nn2)C1. The van der Waals surface area contributed by atoms with Gasteiger partial charge in [-0.1, -0.05) is 6.92 Å². The third kappa shape index (κ3) is 1.95. The highest BCUT2D eigenvalue weighted by Gasteiger charge is 2.17. The standard InChI is InChI=1S/C10H16N4/c1-8-3-2-6-14(7-8)10-5-4-9(11)12-13-10/h4-5,8H,2-3,6-7H2,1H3,(H2,11,12)/t8-/m1/s1. The van der Waals surface area contributed by atoms with Gasteiger partial charge in [0.2, 0.25) is 0 Å². The number of aromatic nitrogens is 2. The van der Waals surface area contributed by atoms with Gasteiger partial charge >= 0.3 is 0 Å². The van der Waals surface area contributed by atoms with Crippen molar-refractivity contribution in [2.24, 2.45) is 5.92 Å². The molecular formula is C10H16N4. The molecule has 0 radical (unpaired) electrons. The van der Waals surface area contributed by atoms with Gasteiger partial charge in [0.15, 0.2) is 5.82 Å². The van der Waals surface area contributed by atoms with Crippen LogP contribution in [0.5, 0.6) is 0 Å². The first-order valence-corrected chi connectivity index (χ1v) is 5.10. The van der Waals surface area contributed by atoms with E-state index in [0.29, 0.717) is 5.82 Å². The van der Waals surface area contributed by atoms with Gasteiger partial charge in [0.1, 0.15) is 5.82 Å². The van der Waals surface area contributed by atoms with E-state index in [1.807, 2.05) is 12.1 Å². The molecule has 2 N–H and O–H groups in total. The number of nitrogens with two attached hydrogens (primary N) is 1. The molecule has 1 aliphatic rings. The van der Waals surface area contributed by atoms with Crippen molar-refractivity contribution in [1.82, 2.24) is 10.2 Å². The maximum Gasteiger partial charge on any atom is 0.151 e. The van der Waals surface area contributed by atoms with E-state index < -0.39 is 0 Å². The van der Waals surface area contributed by atoms with Crippen LogP contribution in [-0.2, 0) is 0 Å². The highest BCUT2D eigenvalue weighted by molar-refractivity contribution is 5.41. The number of piperidine rings is 1.